The molecular weight excluding hydrogens is 338 g/mol. The van der Waals surface area contributed by atoms with E-state index in [4.69, 9.17) is 0 Å². The molecule has 2 aromatic carbocycles. The van der Waals surface area contributed by atoms with Crippen LogP contribution in [0, 0.1) is 0 Å². The van der Waals surface area contributed by atoms with Gasteiger partial charge in [-0.25, -0.2) is 4.79 Å². The Morgan fingerprint density at radius 3 is 2.33 bits per heavy atom. The smallest absolute Gasteiger partial charge is 0.315 e. The number of benzene rings is 2. The average molecular weight is 365 g/mol. The van der Waals surface area contributed by atoms with Gasteiger partial charge in [0.15, 0.2) is 0 Å². The molecule has 0 aliphatic carbocycles. The molecule has 5 heteroatoms. The van der Waals surface area contributed by atoms with Crippen LogP contribution in [-0.4, -0.2) is 18.5 Å². The Kier molecular flexibility index (Phi) is 6.12. The number of hydrogen-bond donors (Lipinski definition) is 2. The fourth-order valence-corrected chi connectivity index (χ4v) is 3.27. The predicted molar refractivity (Wildman–Crippen MR) is 108 cm³/mol. The first kappa shape index (κ1) is 19.0. The largest absolute Gasteiger partial charge is 0.334 e. The third-order valence-corrected chi connectivity index (χ3v) is 5.01. The van der Waals surface area contributed by atoms with E-state index in [1.54, 1.807) is 0 Å². The molecule has 142 valence electrons. The molecule has 0 bridgehead atoms. The third-order valence-electron chi connectivity index (χ3n) is 5.01. The van der Waals surface area contributed by atoms with E-state index in [-0.39, 0.29) is 18.0 Å². The standard InChI is InChI=1S/C22H27N3O2/c1-3-17-6-10-19(11-7-17)16(2)24-22(27)23-15-18-8-12-20(13-9-18)25-14-4-5-21(25)26/h6-13,16H,3-5,14-15H2,1-2H3,(H2,23,24,27)/t16-/m0/s1. The van der Waals surface area contributed by atoms with E-state index in [0.29, 0.717) is 13.0 Å². The highest BCUT2D eigenvalue weighted by atomic mass is 16.2. The Hall–Kier alpha value is -2.82. The van der Waals surface area contributed by atoms with Crippen molar-refractivity contribution in [3.8, 4) is 0 Å². The van der Waals surface area contributed by atoms with E-state index in [1.807, 2.05) is 36.1 Å². The number of nitrogens with one attached hydrogen (secondary N) is 2. The van der Waals surface area contributed by atoms with Gasteiger partial charge in [0.1, 0.15) is 0 Å². The lowest BCUT2D eigenvalue weighted by Crippen LogP contribution is -2.36. The van der Waals surface area contributed by atoms with E-state index < -0.39 is 0 Å². The monoisotopic (exact) mass is 365 g/mol. The second-order valence-electron chi connectivity index (χ2n) is 6.96. The minimum Gasteiger partial charge on any atom is -0.334 e. The van der Waals surface area contributed by atoms with Crippen LogP contribution in [0.1, 0.15) is 49.4 Å². The van der Waals surface area contributed by atoms with Gasteiger partial charge in [0.2, 0.25) is 5.91 Å². The van der Waals surface area contributed by atoms with Crippen molar-refractivity contribution >= 4 is 17.6 Å². The number of rotatable bonds is 6. The van der Waals surface area contributed by atoms with E-state index in [1.165, 1.54) is 5.56 Å². The van der Waals surface area contributed by atoms with Gasteiger partial charge < -0.3 is 15.5 Å². The van der Waals surface area contributed by atoms with Crippen LogP contribution in [-0.2, 0) is 17.8 Å². The van der Waals surface area contributed by atoms with Gasteiger partial charge in [0.05, 0.1) is 6.04 Å². The molecule has 1 saturated heterocycles. The molecule has 0 saturated carbocycles. The molecule has 5 nitrogen and oxygen atoms in total. The minimum atomic E-state index is -0.194. The maximum absolute atomic E-state index is 12.2. The maximum atomic E-state index is 12.2. The van der Waals surface area contributed by atoms with Gasteiger partial charge in [-0.2, -0.15) is 0 Å². The Bertz CT molecular complexity index is 784. The molecule has 27 heavy (non-hydrogen) atoms. The first-order valence-corrected chi connectivity index (χ1v) is 9.59. The van der Waals surface area contributed by atoms with Gasteiger partial charge in [0.25, 0.3) is 0 Å². The summed E-state index contributed by atoms with van der Waals surface area (Å²) in [4.78, 5) is 25.8. The molecule has 1 heterocycles. The van der Waals surface area contributed by atoms with Gasteiger partial charge in [0, 0.05) is 25.2 Å². The highest BCUT2D eigenvalue weighted by Gasteiger charge is 2.21. The van der Waals surface area contributed by atoms with E-state index in [0.717, 1.165) is 36.2 Å². The van der Waals surface area contributed by atoms with Gasteiger partial charge >= 0.3 is 6.03 Å². The van der Waals surface area contributed by atoms with E-state index in [9.17, 15) is 9.59 Å². The summed E-state index contributed by atoms with van der Waals surface area (Å²) in [5, 5.41) is 5.85. The lowest BCUT2D eigenvalue weighted by molar-refractivity contribution is -0.117. The first-order valence-electron chi connectivity index (χ1n) is 9.59. The molecule has 1 aliphatic rings. The molecule has 3 rings (SSSR count). The first-order chi connectivity index (χ1) is 13.1. The predicted octanol–water partition coefficient (Wildman–Crippen LogP) is 3.94. The highest BCUT2D eigenvalue weighted by Crippen LogP contribution is 2.21. The lowest BCUT2D eigenvalue weighted by atomic mass is 10.1. The van der Waals surface area contributed by atoms with Gasteiger partial charge in [-0.05, 0) is 48.6 Å². The minimum absolute atomic E-state index is 0.0561. The number of hydrogen-bond acceptors (Lipinski definition) is 2. The Labute approximate surface area is 160 Å². The molecule has 0 radical (unpaired) electrons. The van der Waals surface area contributed by atoms with Crippen molar-refractivity contribution in [3.63, 3.8) is 0 Å². The summed E-state index contributed by atoms with van der Waals surface area (Å²) in [6, 6.07) is 15.8. The Balaban J connectivity index is 1.48. The highest BCUT2D eigenvalue weighted by molar-refractivity contribution is 5.95. The molecule has 0 unspecified atom stereocenters. The number of carbonyl (C=O) groups is 2. The van der Waals surface area contributed by atoms with Crippen LogP contribution in [0.25, 0.3) is 0 Å². The summed E-state index contributed by atoms with van der Waals surface area (Å²) < 4.78 is 0. The van der Waals surface area contributed by atoms with Crippen molar-refractivity contribution < 1.29 is 9.59 Å². The van der Waals surface area contributed by atoms with Crippen LogP contribution < -0.4 is 15.5 Å². The lowest BCUT2D eigenvalue weighted by Gasteiger charge is -2.17. The van der Waals surface area contributed by atoms with E-state index >= 15 is 0 Å². The molecule has 0 spiro atoms. The van der Waals surface area contributed by atoms with Crippen molar-refractivity contribution in [1.29, 1.82) is 0 Å². The second kappa shape index (κ2) is 8.71. The molecular formula is C22H27N3O2. The number of carbonyl (C=O) groups excluding carboxylic acids is 2. The number of aryl methyl sites for hydroxylation is 1. The zero-order valence-electron chi connectivity index (χ0n) is 16.0. The van der Waals surface area contributed by atoms with Crippen molar-refractivity contribution in [2.45, 2.75) is 45.7 Å². The van der Waals surface area contributed by atoms with E-state index in [2.05, 4.69) is 41.8 Å². The van der Waals surface area contributed by atoms with Crippen molar-refractivity contribution in [2.75, 3.05) is 11.4 Å². The van der Waals surface area contributed by atoms with Crippen LogP contribution in [0.15, 0.2) is 48.5 Å². The van der Waals surface area contributed by atoms with Crippen molar-refractivity contribution in [2.24, 2.45) is 0 Å². The third kappa shape index (κ3) is 4.88. The van der Waals surface area contributed by atoms with Crippen LogP contribution in [0.4, 0.5) is 10.5 Å². The van der Waals surface area contributed by atoms with Gasteiger partial charge in [-0.1, -0.05) is 43.3 Å². The summed E-state index contributed by atoms with van der Waals surface area (Å²) in [7, 11) is 0. The molecule has 1 aliphatic heterocycles. The fraction of sp³-hybridized carbons (Fsp3) is 0.364. The number of anilines is 1. The van der Waals surface area contributed by atoms with Gasteiger partial charge in [-0.15, -0.1) is 0 Å². The summed E-state index contributed by atoms with van der Waals surface area (Å²) in [6.45, 7) is 5.33. The normalized spacial score (nSPS) is 14.9. The van der Waals surface area contributed by atoms with Crippen molar-refractivity contribution in [1.82, 2.24) is 10.6 Å². The summed E-state index contributed by atoms with van der Waals surface area (Å²) >= 11 is 0. The molecule has 0 aromatic heterocycles. The summed E-state index contributed by atoms with van der Waals surface area (Å²) in [6.07, 6.45) is 2.55. The Morgan fingerprint density at radius 1 is 1.07 bits per heavy atom. The van der Waals surface area contributed by atoms with Crippen LogP contribution in [0.5, 0.6) is 0 Å². The van der Waals surface area contributed by atoms with Crippen molar-refractivity contribution in [3.05, 3.63) is 65.2 Å². The Morgan fingerprint density at radius 2 is 1.74 bits per heavy atom. The average Bonchev–Trinajstić information content (AvgIpc) is 3.12. The van der Waals surface area contributed by atoms with Crippen LogP contribution >= 0.6 is 0 Å². The zero-order chi connectivity index (χ0) is 19.2. The summed E-state index contributed by atoms with van der Waals surface area (Å²) in [5.74, 6) is 0.182. The molecule has 2 aromatic rings. The quantitative estimate of drug-likeness (QED) is 0.815. The molecule has 2 N–H and O–H groups in total. The van der Waals surface area contributed by atoms with Gasteiger partial charge in [-0.3, -0.25) is 4.79 Å². The maximum Gasteiger partial charge on any atom is 0.315 e. The second-order valence-corrected chi connectivity index (χ2v) is 6.96. The zero-order valence-corrected chi connectivity index (χ0v) is 16.0. The van der Waals surface area contributed by atoms with Crippen LogP contribution in [0.2, 0.25) is 0 Å². The van der Waals surface area contributed by atoms with Crippen LogP contribution in [0.3, 0.4) is 0 Å². The fourth-order valence-electron chi connectivity index (χ4n) is 3.27. The summed E-state index contributed by atoms with van der Waals surface area (Å²) in [5.41, 5.74) is 4.30. The molecule has 1 fully saturated rings. The number of amides is 3. The SMILES string of the molecule is CCc1ccc([C@H](C)NC(=O)NCc2ccc(N3CCCC3=O)cc2)cc1. The number of nitrogens with zero attached hydrogens (tertiary/aromatic N) is 1. The molecule has 1 atom stereocenters. The molecule has 3 amide bonds. The number of urea groups is 1. The topological polar surface area (TPSA) is 61.4 Å².